The van der Waals surface area contributed by atoms with E-state index in [1.54, 1.807) is 17.5 Å². The summed E-state index contributed by atoms with van der Waals surface area (Å²) in [5.41, 5.74) is 13.3. The lowest BCUT2D eigenvalue weighted by Gasteiger charge is -2.31. The van der Waals surface area contributed by atoms with Crippen LogP contribution in [0, 0.1) is 5.92 Å². The summed E-state index contributed by atoms with van der Waals surface area (Å²) in [6.45, 7) is 3.61. The molecule has 186 valence electrons. The number of nitrogens with zero attached hydrogens (tertiary/aromatic N) is 4. The predicted molar refractivity (Wildman–Crippen MR) is 136 cm³/mol. The van der Waals surface area contributed by atoms with Crippen LogP contribution in [-0.4, -0.2) is 63.7 Å². The molecule has 4 heterocycles. The number of hydrogen-bond donors (Lipinski definition) is 4. The second-order valence-electron chi connectivity index (χ2n) is 8.52. The Morgan fingerprint density at radius 3 is 2.83 bits per heavy atom. The predicted octanol–water partition coefficient (Wildman–Crippen LogP) is 2.17. The molecular formula is C24H31N7O3S. The number of aliphatic hydroxyl groups excluding tert-OH is 1. The number of piperidine rings is 1. The molecule has 0 radical (unpaired) electrons. The summed E-state index contributed by atoms with van der Waals surface area (Å²) in [5.74, 6) is 0.205. The minimum Gasteiger partial charge on any atom is -0.476 e. The average Bonchev–Trinajstić information content (AvgIpc) is 3.35. The van der Waals surface area contributed by atoms with Crippen molar-refractivity contribution in [2.45, 2.75) is 25.8 Å². The van der Waals surface area contributed by atoms with Crippen LogP contribution < -0.4 is 21.5 Å². The van der Waals surface area contributed by atoms with Crippen LogP contribution in [0.5, 0.6) is 5.88 Å². The van der Waals surface area contributed by atoms with Crippen LogP contribution in [0.2, 0.25) is 0 Å². The third-order valence-corrected chi connectivity index (χ3v) is 6.91. The second-order valence-corrected chi connectivity index (χ2v) is 9.63. The summed E-state index contributed by atoms with van der Waals surface area (Å²) >= 11 is 1.68. The van der Waals surface area contributed by atoms with Crippen molar-refractivity contribution >= 4 is 28.6 Å². The lowest BCUT2D eigenvalue weighted by atomic mass is 9.96. The van der Waals surface area contributed by atoms with E-state index in [0.717, 1.165) is 43.2 Å². The van der Waals surface area contributed by atoms with Gasteiger partial charge in [-0.05, 0) is 50.0 Å². The minimum atomic E-state index is -0.308. The number of aliphatic hydroxyl groups is 1. The zero-order valence-electron chi connectivity index (χ0n) is 19.5. The Morgan fingerprint density at radius 2 is 2.09 bits per heavy atom. The van der Waals surface area contributed by atoms with Crippen molar-refractivity contribution in [1.82, 2.24) is 25.2 Å². The molecule has 35 heavy (non-hydrogen) atoms. The lowest BCUT2D eigenvalue weighted by Crippen LogP contribution is -2.38. The molecule has 0 bridgehead atoms. The number of amides is 1. The van der Waals surface area contributed by atoms with Gasteiger partial charge in [0.1, 0.15) is 16.4 Å². The number of ether oxygens (including phenoxy) is 1. The highest BCUT2D eigenvalue weighted by molar-refractivity contribution is 7.14. The van der Waals surface area contributed by atoms with Crippen LogP contribution in [0.1, 0.15) is 34.6 Å². The number of thiazole rings is 1. The molecule has 3 aromatic rings. The smallest absolute Gasteiger partial charge is 0.270 e. The summed E-state index contributed by atoms with van der Waals surface area (Å²) in [6.07, 6.45) is 6.15. The molecule has 3 aromatic heterocycles. The van der Waals surface area contributed by atoms with Crippen LogP contribution >= 0.6 is 11.3 Å². The molecule has 4 rings (SSSR count). The molecule has 0 unspecified atom stereocenters. The molecule has 1 amide bonds. The first-order valence-electron chi connectivity index (χ1n) is 11.7. The zero-order valence-corrected chi connectivity index (χ0v) is 20.3. The van der Waals surface area contributed by atoms with E-state index in [2.05, 4.69) is 25.2 Å². The Bertz CT molecular complexity index is 1120. The number of likely N-dealkylation sites (tertiary alicyclic amines) is 1. The molecule has 1 fully saturated rings. The number of anilines is 2. The molecule has 11 heteroatoms. The van der Waals surface area contributed by atoms with Crippen molar-refractivity contribution in [3.05, 3.63) is 47.2 Å². The highest BCUT2D eigenvalue weighted by atomic mass is 32.1. The van der Waals surface area contributed by atoms with Gasteiger partial charge in [0.2, 0.25) is 5.88 Å². The zero-order chi connectivity index (χ0) is 24.6. The Balaban J connectivity index is 1.24. The van der Waals surface area contributed by atoms with Gasteiger partial charge in [-0.25, -0.2) is 9.97 Å². The molecular weight excluding hydrogens is 466 g/mol. The van der Waals surface area contributed by atoms with E-state index in [4.69, 9.17) is 21.3 Å². The van der Waals surface area contributed by atoms with Crippen LogP contribution in [-0.2, 0) is 6.54 Å². The number of hydrogen-bond acceptors (Lipinski definition) is 10. The van der Waals surface area contributed by atoms with Gasteiger partial charge < -0.3 is 26.6 Å². The van der Waals surface area contributed by atoms with Gasteiger partial charge in [-0.2, -0.15) is 0 Å². The summed E-state index contributed by atoms with van der Waals surface area (Å²) in [5, 5.41) is 12.8. The normalized spacial score (nSPS) is 14.7. The summed E-state index contributed by atoms with van der Waals surface area (Å²) in [7, 11) is 0. The third-order valence-electron chi connectivity index (χ3n) is 5.90. The van der Waals surface area contributed by atoms with Crippen molar-refractivity contribution in [3.8, 4) is 16.6 Å². The fourth-order valence-corrected chi connectivity index (χ4v) is 4.83. The van der Waals surface area contributed by atoms with Gasteiger partial charge in [0.25, 0.3) is 5.91 Å². The number of nitrogen functional groups attached to an aromatic ring is 2. The topological polar surface area (TPSA) is 153 Å². The highest BCUT2D eigenvalue weighted by Crippen LogP contribution is 2.27. The van der Waals surface area contributed by atoms with Crippen LogP contribution in [0.3, 0.4) is 0 Å². The molecule has 0 aliphatic carbocycles. The van der Waals surface area contributed by atoms with E-state index >= 15 is 0 Å². The Hall–Kier alpha value is -3.28. The fraction of sp³-hybridized carbons (Fsp3) is 0.417. The van der Waals surface area contributed by atoms with Crippen molar-refractivity contribution in [2.24, 2.45) is 5.92 Å². The maximum absolute atomic E-state index is 12.7. The molecule has 0 atom stereocenters. The molecule has 0 spiro atoms. The first-order valence-corrected chi connectivity index (χ1v) is 12.5. The van der Waals surface area contributed by atoms with E-state index in [9.17, 15) is 4.79 Å². The van der Waals surface area contributed by atoms with Gasteiger partial charge in [-0.3, -0.25) is 14.7 Å². The van der Waals surface area contributed by atoms with Crippen molar-refractivity contribution < 1.29 is 14.6 Å². The van der Waals surface area contributed by atoms with E-state index in [0.29, 0.717) is 18.9 Å². The molecule has 1 saturated heterocycles. The number of carbonyl (C=O) groups excluding carboxylic acids is 1. The van der Waals surface area contributed by atoms with Gasteiger partial charge in [0.05, 0.1) is 18.0 Å². The monoisotopic (exact) mass is 497 g/mol. The summed E-state index contributed by atoms with van der Waals surface area (Å²) in [4.78, 5) is 29.4. The third kappa shape index (κ3) is 6.65. The van der Waals surface area contributed by atoms with Crippen LogP contribution in [0.25, 0.3) is 10.7 Å². The molecule has 1 aliphatic heterocycles. The Morgan fingerprint density at radius 1 is 1.26 bits per heavy atom. The van der Waals surface area contributed by atoms with Crippen molar-refractivity contribution in [2.75, 3.05) is 44.3 Å². The largest absolute Gasteiger partial charge is 0.476 e. The standard InChI is InChI=1S/C24H31N7O3S/c25-18-12-20(30-23(21(18)26)34-11-3-10-32)22(33)28-13-16-5-8-31(9-6-16)15-17-14-29-24(35-17)19-4-1-2-7-27-19/h1-2,4,7,12,14,16,32H,3,5-6,8-11,13,15,26H2,(H2,25,30)(H,28,33). The van der Waals surface area contributed by atoms with Crippen molar-refractivity contribution in [1.29, 1.82) is 0 Å². The number of aromatic nitrogens is 3. The van der Waals surface area contributed by atoms with Gasteiger partial charge in [-0.15, -0.1) is 11.3 Å². The van der Waals surface area contributed by atoms with Crippen LogP contribution in [0.15, 0.2) is 36.7 Å². The van der Waals surface area contributed by atoms with Gasteiger partial charge >= 0.3 is 0 Å². The molecule has 1 aliphatic rings. The van der Waals surface area contributed by atoms with E-state index < -0.39 is 0 Å². The minimum absolute atomic E-state index is 0.00913. The maximum Gasteiger partial charge on any atom is 0.270 e. The average molecular weight is 498 g/mol. The van der Waals surface area contributed by atoms with E-state index in [1.807, 2.05) is 24.4 Å². The Kier molecular flexibility index (Phi) is 8.45. The first kappa shape index (κ1) is 24.8. The maximum atomic E-state index is 12.7. The molecule has 10 nitrogen and oxygen atoms in total. The van der Waals surface area contributed by atoms with E-state index in [1.165, 1.54) is 10.9 Å². The lowest BCUT2D eigenvalue weighted by molar-refractivity contribution is 0.0929. The van der Waals surface area contributed by atoms with Gasteiger partial charge in [0, 0.05) is 43.4 Å². The molecule has 0 saturated carbocycles. The number of nitrogens with two attached hydrogens (primary N) is 2. The SMILES string of the molecule is Nc1cc(C(=O)NCC2CCN(Cc3cnc(-c4ccccn4)s3)CC2)nc(OCCCO)c1N. The van der Waals surface area contributed by atoms with Gasteiger partial charge in [-0.1, -0.05) is 6.07 Å². The van der Waals surface area contributed by atoms with E-state index in [-0.39, 0.29) is 42.1 Å². The Labute approximate surface area is 208 Å². The molecule has 0 aromatic carbocycles. The van der Waals surface area contributed by atoms with Crippen molar-refractivity contribution in [3.63, 3.8) is 0 Å². The number of rotatable bonds is 10. The molecule has 6 N–H and O–H groups in total. The second kappa shape index (κ2) is 11.9. The highest BCUT2D eigenvalue weighted by Gasteiger charge is 2.22. The number of pyridine rings is 2. The quantitative estimate of drug-likeness (QED) is 0.309. The summed E-state index contributed by atoms with van der Waals surface area (Å²) in [6, 6.07) is 7.30. The number of nitrogens with one attached hydrogen (secondary N) is 1. The first-order chi connectivity index (χ1) is 17.0. The fourth-order valence-electron chi connectivity index (χ4n) is 3.90. The number of carbonyl (C=O) groups is 1. The summed E-state index contributed by atoms with van der Waals surface area (Å²) < 4.78 is 5.46. The van der Waals surface area contributed by atoms with Crippen LogP contribution in [0.4, 0.5) is 11.4 Å². The van der Waals surface area contributed by atoms with Gasteiger partial charge in [0.15, 0.2) is 0 Å².